The molecule has 0 aliphatic heterocycles. The van der Waals surface area contributed by atoms with Gasteiger partial charge in [-0.25, -0.2) is 9.18 Å². The van der Waals surface area contributed by atoms with Crippen molar-refractivity contribution >= 4 is 27.6 Å². The van der Waals surface area contributed by atoms with Crippen LogP contribution >= 0.6 is 15.9 Å². The maximum Gasteiger partial charge on any atom is 0.319 e. The first-order valence-corrected chi connectivity index (χ1v) is 7.59. The van der Waals surface area contributed by atoms with Crippen LogP contribution in [0.5, 0.6) is 5.75 Å². The van der Waals surface area contributed by atoms with Crippen LogP contribution < -0.4 is 15.4 Å². The minimum absolute atomic E-state index is 0.307. The van der Waals surface area contributed by atoms with Crippen LogP contribution in [0.1, 0.15) is 12.5 Å². The summed E-state index contributed by atoms with van der Waals surface area (Å²) in [5.41, 5.74) is 1.47. The SMILES string of the molecule is CCOc1ccc(NC(=O)NCc2ccc(F)c(Br)c2)cc1. The number of hydrogen-bond acceptors (Lipinski definition) is 2. The van der Waals surface area contributed by atoms with Gasteiger partial charge in [0.2, 0.25) is 0 Å². The minimum Gasteiger partial charge on any atom is -0.494 e. The van der Waals surface area contributed by atoms with Gasteiger partial charge in [0.25, 0.3) is 0 Å². The van der Waals surface area contributed by atoms with Gasteiger partial charge >= 0.3 is 6.03 Å². The highest BCUT2D eigenvalue weighted by Gasteiger charge is 2.04. The number of halogens is 2. The fourth-order valence-electron chi connectivity index (χ4n) is 1.81. The van der Waals surface area contributed by atoms with E-state index in [1.807, 2.05) is 6.92 Å². The first kappa shape index (κ1) is 16.3. The van der Waals surface area contributed by atoms with E-state index in [4.69, 9.17) is 4.74 Å². The smallest absolute Gasteiger partial charge is 0.319 e. The summed E-state index contributed by atoms with van der Waals surface area (Å²) in [6, 6.07) is 11.4. The summed E-state index contributed by atoms with van der Waals surface area (Å²) in [7, 11) is 0. The molecule has 2 N–H and O–H groups in total. The number of ether oxygens (including phenoxy) is 1. The fraction of sp³-hybridized carbons (Fsp3) is 0.188. The van der Waals surface area contributed by atoms with E-state index in [-0.39, 0.29) is 11.8 Å². The standard InChI is InChI=1S/C16H16BrFN2O2/c1-2-22-13-6-4-12(5-7-13)20-16(21)19-10-11-3-8-15(18)14(17)9-11/h3-9H,2,10H2,1H3,(H2,19,20,21). The molecule has 0 radical (unpaired) electrons. The van der Waals surface area contributed by atoms with Gasteiger partial charge in [-0.3, -0.25) is 0 Å². The first-order valence-electron chi connectivity index (χ1n) is 6.80. The molecule has 0 aromatic heterocycles. The third-order valence-corrected chi connectivity index (χ3v) is 3.47. The van der Waals surface area contributed by atoms with E-state index < -0.39 is 0 Å². The Balaban J connectivity index is 1.85. The molecule has 0 aliphatic rings. The van der Waals surface area contributed by atoms with Crippen molar-refractivity contribution in [1.82, 2.24) is 5.32 Å². The van der Waals surface area contributed by atoms with Gasteiger partial charge in [-0.15, -0.1) is 0 Å². The Kier molecular flexibility index (Phi) is 5.77. The number of hydrogen-bond donors (Lipinski definition) is 2. The molecule has 0 saturated heterocycles. The van der Waals surface area contributed by atoms with E-state index >= 15 is 0 Å². The second-order valence-corrected chi connectivity index (χ2v) is 5.37. The monoisotopic (exact) mass is 366 g/mol. The summed E-state index contributed by atoms with van der Waals surface area (Å²) in [5.74, 6) is 0.423. The Hall–Kier alpha value is -2.08. The van der Waals surface area contributed by atoms with Gasteiger partial charge in [0.05, 0.1) is 11.1 Å². The van der Waals surface area contributed by atoms with E-state index in [0.29, 0.717) is 23.3 Å². The van der Waals surface area contributed by atoms with Crippen LogP contribution in [0, 0.1) is 5.82 Å². The summed E-state index contributed by atoms with van der Waals surface area (Å²) in [5, 5.41) is 5.43. The van der Waals surface area contributed by atoms with Crippen LogP contribution in [-0.2, 0) is 6.54 Å². The molecule has 0 fully saturated rings. The largest absolute Gasteiger partial charge is 0.494 e. The van der Waals surface area contributed by atoms with Crippen molar-refractivity contribution in [3.05, 3.63) is 58.3 Å². The maximum atomic E-state index is 13.1. The predicted octanol–water partition coefficient (Wildman–Crippen LogP) is 4.31. The molecule has 2 amide bonds. The number of anilines is 1. The van der Waals surface area contributed by atoms with Crippen LogP contribution in [-0.4, -0.2) is 12.6 Å². The van der Waals surface area contributed by atoms with Crippen molar-refractivity contribution in [2.45, 2.75) is 13.5 Å². The quantitative estimate of drug-likeness (QED) is 0.828. The Labute approximate surface area is 136 Å². The number of carbonyl (C=O) groups excluding carboxylic acids is 1. The van der Waals surface area contributed by atoms with E-state index in [0.717, 1.165) is 11.3 Å². The number of urea groups is 1. The highest BCUT2D eigenvalue weighted by molar-refractivity contribution is 9.10. The lowest BCUT2D eigenvalue weighted by molar-refractivity contribution is 0.251. The van der Waals surface area contributed by atoms with Gasteiger partial charge < -0.3 is 15.4 Å². The Morgan fingerprint density at radius 1 is 1.23 bits per heavy atom. The second-order valence-electron chi connectivity index (χ2n) is 4.51. The predicted molar refractivity (Wildman–Crippen MR) is 87.6 cm³/mol. The number of rotatable bonds is 5. The van der Waals surface area contributed by atoms with Crippen molar-refractivity contribution in [2.24, 2.45) is 0 Å². The molecule has 0 atom stereocenters. The van der Waals surface area contributed by atoms with Crippen LogP contribution in [0.15, 0.2) is 46.9 Å². The van der Waals surface area contributed by atoms with Gasteiger partial charge in [-0.1, -0.05) is 6.07 Å². The summed E-state index contributed by atoms with van der Waals surface area (Å²) < 4.78 is 18.8. The number of benzene rings is 2. The molecule has 22 heavy (non-hydrogen) atoms. The van der Waals surface area contributed by atoms with Gasteiger partial charge in [0, 0.05) is 12.2 Å². The van der Waals surface area contributed by atoms with Crippen molar-refractivity contribution in [3.63, 3.8) is 0 Å². The number of nitrogens with one attached hydrogen (secondary N) is 2. The molecular weight excluding hydrogens is 351 g/mol. The zero-order chi connectivity index (χ0) is 15.9. The molecule has 0 aliphatic carbocycles. The molecule has 2 aromatic rings. The van der Waals surface area contributed by atoms with Crippen molar-refractivity contribution in [2.75, 3.05) is 11.9 Å². The lowest BCUT2D eigenvalue weighted by atomic mass is 10.2. The zero-order valence-electron chi connectivity index (χ0n) is 12.0. The molecule has 0 spiro atoms. The highest BCUT2D eigenvalue weighted by atomic mass is 79.9. The summed E-state index contributed by atoms with van der Waals surface area (Å²) in [4.78, 5) is 11.8. The van der Waals surface area contributed by atoms with E-state index in [1.165, 1.54) is 6.07 Å². The van der Waals surface area contributed by atoms with E-state index in [2.05, 4.69) is 26.6 Å². The Morgan fingerprint density at radius 3 is 2.59 bits per heavy atom. The van der Waals surface area contributed by atoms with Crippen LogP contribution in [0.25, 0.3) is 0 Å². The second kappa shape index (κ2) is 7.79. The molecule has 0 heterocycles. The first-order chi connectivity index (χ1) is 10.6. The van der Waals surface area contributed by atoms with Crippen LogP contribution in [0.2, 0.25) is 0 Å². The zero-order valence-corrected chi connectivity index (χ0v) is 13.6. The van der Waals surface area contributed by atoms with Gasteiger partial charge in [-0.05, 0) is 64.8 Å². The average Bonchev–Trinajstić information content (AvgIpc) is 2.51. The van der Waals surface area contributed by atoms with Crippen molar-refractivity contribution in [3.8, 4) is 5.75 Å². The lowest BCUT2D eigenvalue weighted by Crippen LogP contribution is -2.28. The minimum atomic E-state index is -0.331. The molecule has 6 heteroatoms. The normalized spacial score (nSPS) is 10.1. The van der Waals surface area contributed by atoms with E-state index in [9.17, 15) is 9.18 Å². The molecule has 116 valence electrons. The third kappa shape index (κ3) is 4.73. The molecule has 0 unspecified atom stereocenters. The molecule has 0 saturated carbocycles. The maximum absolute atomic E-state index is 13.1. The summed E-state index contributed by atoms with van der Waals surface area (Å²) in [6.45, 7) is 2.82. The molecule has 2 aromatic carbocycles. The van der Waals surface area contributed by atoms with Crippen LogP contribution in [0.4, 0.5) is 14.9 Å². The molecular formula is C16H16BrFN2O2. The van der Waals surface area contributed by atoms with E-state index in [1.54, 1.807) is 36.4 Å². The van der Waals surface area contributed by atoms with Gasteiger partial charge in [0.1, 0.15) is 11.6 Å². The number of amides is 2. The van der Waals surface area contributed by atoms with Crippen LogP contribution in [0.3, 0.4) is 0 Å². The summed E-state index contributed by atoms with van der Waals surface area (Å²) >= 11 is 3.11. The molecule has 2 rings (SSSR count). The molecule has 4 nitrogen and oxygen atoms in total. The van der Waals surface area contributed by atoms with Crippen molar-refractivity contribution in [1.29, 1.82) is 0 Å². The number of carbonyl (C=O) groups is 1. The third-order valence-electron chi connectivity index (χ3n) is 2.86. The average molecular weight is 367 g/mol. The van der Waals surface area contributed by atoms with Gasteiger partial charge in [0.15, 0.2) is 0 Å². The summed E-state index contributed by atoms with van der Waals surface area (Å²) in [6.07, 6.45) is 0. The Bertz CT molecular complexity index is 647. The van der Waals surface area contributed by atoms with Gasteiger partial charge in [-0.2, -0.15) is 0 Å². The highest BCUT2D eigenvalue weighted by Crippen LogP contribution is 2.17. The fourth-order valence-corrected chi connectivity index (χ4v) is 2.23. The topological polar surface area (TPSA) is 50.4 Å². The molecule has 0 bridgehead atoms. The van der Waals surface area contributed by atoms with Crippen molar-refractivity contribution < 1.29 is 13.9 Å². The Morgan fingerprint density at radius 2 is 1.95 bits per heavy atom. The lowest BCUT2D eigenvalue weighted by Gasteiger charge is -2.09.